The summed E-state index contributed by atoms with van der Waals surface area (Å²) in [5.41, 5.74) is 0. The Hall–Kier alpha value is -1.30. The number of carboxylic acids is 1. The fourth-order valence-corrected chi connectivity index (χ4v) is 1.95. The first-order valence-electron chi connectivity index (χ1n) is 6.95. The molecule has 0 atom stereocenters. The number of urea groups is 1. The lowest BCUT2D eigenvalue weighted by Crippen LogP contribution is -2.44. The van der Waals surface area contributed by atoms with Gasteiger partial charge < -0.3 is 20.1 Å². The van der Waals surface area contributed by atoms with Gasteiger partial charge in [-0.05, 0) is 25.7 Å². The van der Waals surface area contributed by atoms with Crippen molar-refractivity contribution >= 4 is 12.0 Å². The van der Waals surface area contributed by atoms with Crippen LogP contribution >= 0.6 is 0 Å². The predicted molar refractivity (Wildman–Crippen MR) is 71.1 cm³/mol. The van der Waals surface area contributed by atoms with Crippen molar-refractivity contribution in [2.45, 2.75) is 32.6 Å². The monoisotopic (exact) mass is 272 g/mol. The number of hydrogen-bond donors (Lipinski definition) is 2. The van der Waals surface area contributed by atoms with E-state index < -0.39 is 5.97 Å². The summed E-state index contributed by atoms with van der Waals surface area (Å²) >= 11 is 0. The van der Waals surface area contributed by atoms with E-state index in [1.807, 2.05) is 11.8 Å². The van der Waals surface area contributed by atoms with Crippen molar-refractivity contribution in [2.24, 2.45) is 5.92 Å². The lowest BCUT2D eigenvalue weighted by Gasteiger charge is -2.31. The van der Waals surface area contributed by atoms with E-state index in [-0.39, 0.29) is 19.1 Å². The van der Waals surface area contributed by atoms with Gasteiger partial charge in [-0.3, -0.25) is 4.79 Å². The Kier molecular flexibility index (Phi) is 7.25. The summed E-state index contributed by atoms with van der Waals surface area (Å²) in [6, 6.07) is -0.0590. The van der Waals surface area contributed by atoms with Gasteiger partial charge in [0.15, 0.2) is 0 Å². The van der Waals surface area contributed by atoms with Gasteiger partial charge in [0, 0.05) is 19.6 Å². The lowest BCUT2D eigenvalue weighted by atomic mass is 9.85. The maximum atomic E-state index is 11.9. The second-order valence-corrected chi connectivity index (χ2v) is 4.82. The molecule has 0 unspecified atom stereocenters. The minimum Gasteiger partial charge on any atom is -0.481 e. The molecule has 2 N–H and O–H groups in total. The third-order valence-electron chi connectivity index (χ3n) is 3.36. The third kappa shape index (κ3) is 6.42. The molecule has 0 bridgehead atoms. The van der Waals surface area contributed by atoms with Gasteiger partial charge in [-0.2, -0.15) is 0 Å². The van der Waals surface area contributed by atoms with Gasteiger partial charge in [0.25, 0.3) is 0 Å². The molecule has 0 aliphatic heterocycles. The van der Waals surface area contributed by atoms with Crippen LogP contribution in [0.1, 0.15) is 32.6 Å². The zero-order chi connectivity index (χ0) is 14.1. The lowest BCUT2D eigenvalue weighted by molar-refractivity contribution is -0.138. The molecule has 2 amide bonds. The molecule has 110 valence electrons. The van der Waals surface area contributed by atoms with E-state index in [1.165, 1.54) is 19.3 Å². The van der Waals surface area contributed by atoms with E-state index in [1.54, 1.807) is 0 Å². The van der Waals surface area contributed by atoms with Crippen LogP contribution in [-0.2, 0) is 9.53 Å². The van der Waals surface area contributed by atoms with Gasteiger partial charge in [0.05, 0.1) is 19.6 Å². The number of carboxylic acid groups (broad SMARTS) is 1. The summed E-state index contributed by atoms with van der Waals surface area (Å²) < 4.78 is 5.11. The first kappa shape index (κ1) is 15.8. The molecule has 0 saturated heterocycles. The fraction of sp³-hybridized carbons (Fsp3) is 0.846. The van der Waals surface area contributed by atoms with E-state index in [0.717, 1.165) is 6.54 Å². The Labute approximate surface area is 114 Å². The van der Waals surface area contributed by atoms with Gasteiger partial charge in [0.2, 0.25) is 0 Å². The molecule has 0 aromatic heterocycles. The Morgan fingerprint density at radius 2 is 2.11 bits per heavy atom. The van der Waals surface area contributed by atoms with E-state index in [2.05, 4.69) is 5.32 Å². The molecule has 0 aromatic carbocycles. The fourth-order valence-electron chi connectivity index (χ4n) is 1.95. The zero-order valence-corrected chi connectivity index (χ0v) is 11.6. The molecule has 6 nitrogen and oxygen atoms in total. The molecule has 1 fully saturated rings. The van der Waals surface area contributed by atoms with E-state index >= 15 is 0 Å². The van der Waals surface area contributed by atoms with Gasteiger partial charge in [0.1, 0.15) is 0 Å². The number of carbonyl (C=O) groups excluding carboxylic acids is 1. The maximum absolute atomic E-state index is 11.9. The first-order chi connectivity index (χ1) is 9.13. The smallest absolute Gasteiger partial charge is 0.317 e. The average molecular weight is 272 g/mol. The topological polar surface area (TPSA) is 78.9 Å². The van der Waals surface area contributed by atoms with Crippen LogP contribution in [0.4, 0.5) is 4.79 Å². The summed E-state index contributed by atoms with van der Waals surface area (Å²) in [5, 5.41) is 11.2. The van der Waals surface area contributed by atoms with E-state index in [4.69, 9.17) is 9.84 Å². The van der Waals surface area contributed by atoms with E-state index in [9.17, 15) is 9.59 Å². The third-order valence-corrected chi connectivity index (χ3v) is 3.36. The van der Waals surface area contributed by atoms with Crippen LogP contribution in [0.25, 0.3) is 0 Å². The molecular weight excluding hydrogens is 248 g/mol. The van der Waals surface area contributed by atoms with Crippen LogP contribution in [0.5, 0.6) is 0 Å². The average Bonchev–Trinajstić information content (AvgIpc) is 2.32. The minimum absolute atomic E-state index is 0.00326. The Balaban J connectivity index is 2.05. The highest BCUT2D eigenvalue weighted by molar-refractivity contribution is 5.74. The Morgan fingerprint density at radius 1 is 1.37 bits per heavy atom. The number of nitrogens with one attached hydrogen (secondary N) is 1. The minimum atomic E-state index is -0.873. The summed E-state index contributed by atoms with van der Waals surface area (Å²) in [7, 11) is 0. The molecule has 0 radical (unpaired) electrons. The van der Waals surface area contributed by atoms with Crippen molar-refractivity contribution in [1.82, 2.24) is 10.2 Å². The van der Waals surface area contributed by atoms with Crippen LogP contribution in [0.15, 0.2) is 0 Å². The first-order valence-corrected chi connectivity index (χ1v) is 6.95. The Morgan fingerprint density at radius 3 is 2.63 bits per heavy atom. The van der Waals surface area contributed by atoms with Crippen LogP contribution in [-0.4, -0.2) is 54.9 Å². The van der Waals surface area contributed by atoms with Crippen molar-refractivity contribution in [3.63, 3.8) is 0 Å². The summed E-state index contributed by atoms with van der Waals surface area (Å²) in [6.45, 7) is 4.47. The molecule has 0 heterocycles. The second kappa shape index (κ2) is 8.74. The Bertz CT molecular complexity index is 292. The standard InChI is InChI=1S/C13H24N2O4/c1-2-15(10-11-4-3-5-11)13(18)14-7-9-19-8-6-12(16)17/h11H,2-10H2,1H3,(H,14,18)(H,16,17). The molecule has 0 aromatic rings. The summed E-state index contributed by atoms with van der Waals surface area (Å²) in [5.74, 6) is -0.209. The highest BCUT2D eigenvalue weighted by Crippen LogP contribution is 2.26. The molecule has 1 aliphatic carbocycles. The number of ether oxygens (including phenoxy) is 1. The highest BCUT2D eigenvalue weighted by Gasteiger charge is 2.22. The maximum Gasteiger partial charge on any atom is 0.317 e. The van der Waals surface area contributed by atoms with Crippen molar-refractivity contribution in [3.05, 3.63) is 0 Å². The molecular formula is C13H24N2O4. The van der Waals surface area contributed by atoms with Gasteiger partial charge in [-0.1, -0.05) is 6.42 Å². The molecule has 1 rings (SSSR count). The second-order valence-electron chi connectivity index (χ2n) is 4.82. The number of amides is 2. The molecule has 1 saturated carbocycles. The number of aliphatic carboxylic acids is 1. The van der Waals surface area contributed by atoms with Crippen molar-refractivity contribution in [2.75, 3.05) is 32.8 Å². The van der Waals surface area contributed by atoms with E-state index in [0.29, 0.717) is 25.6 Å². The largest absolute Gasteiger partial charge is 0.481 e. The van der Waals surface area contributed by atoms with Gasteiger partial charge in [-0.15, -0.1) is 0 Å². The zero-order valence-electron chi connectivity index (χ0n) is 11.6. The SMILES string of the molecule is CCN(CC1CCC1)C(=O)NCCOCCC(=O)O. The van der Waals surface area contributed by atoms with Gasteiger partial charge >= 0.3 is 12.0 Å². The highest BCUT2D eigenvalue weighted by atomic mass is 16.5. The molecule has 19 heavy (non-hydrogen) atoms. The van der Waals surface area contributed by atoms with Crippen molar-refractivity contribution in [1.29, 1.82) is 0 Å². The summed E-state index contributed by atoms with van der Waals surface area (Å²) in [4.78, 5) is 23.9. The van der Waals surface area contributed by atoms with Crippen molar-refractivity contribution in [3.8, 4) is 0 Å². The predicted octanol–water partition coefficient (Wildman–Crippen LogP) is 1.31. The van der Waals surface area contributed by atoms with Crippen molar-refractivity contribution < 1.29 is 19.4 Å². The van der Waals surface area contributed by atoms with Crippen LogP contribution in [0.2, 0.25) is 0 Å². The number of carbonyl (C=O) groups is 2. The number of hydrogen-bond acceptors (Lipinski definition) is 3. The molecule has 1 aliphatic rings. The number of nitrogens with zero attached hydrogens (tertiary/aromatic N) is 1. The normalized spacial score (nSPS) is 14.8. The van der Waals surface area contributed by atoms with Crippen LogP contribution in [0, 0.1) is 5.92 Å². The van der Waals surface area contributed by atoms with Gasteiger partial charge in [-0.25, -0.2) is 4.79 Å². The van der Waals surface area contributed by atoms with Crippen LogP contribution in [0.3, 0.4) is 0 Å². The molecule has 6 heteroatoms. The summed E-state index contributed by atoms with van der Waals surface area (Å²) in [6.07, 6.45) is 3.72. The quantitative estimate of drug-likeness (QED) is 0.620. The van der Waals surface area contributed by atoms with Crippen LogP contribution < -0.4 is 5.32 Å². The molecule has 0 spiro atoms. The number of rotatable bonds is 9.